The van der Waals surface area contributed by atoms with Crippen LogP contribution in [0.5, 0.6) is 0 Å². The highest BCUT2D eigenvalue weighted by atomic mass is 32.1. The number of aromatic amines is 1. The molecule has 130 valence electrons. The van der Waals surface area contributed by atoms with E-state index < -0.39 is 6.09 Å². The van der Waals surface area contributed by atoms with Crippen molar-refractivity contribution in [2.45, 2.75) is 18.9 Å². The lowest BCUT2D eigenvalue weighted by Gasteiger charge is -2.34. The Hall–Kier alpha value is -2.68. The van der Waals surface area contributed by atoms with Crippen LogP contribution in [0.4, 0.5) is 4.79 Å². The van der Waals surface area contributed by atoms with Gasteiger partial charge in [0.15, 0.2) is 12.3 Å². The summed E-state index contributed by atoms with van der Waals surface area (Å²) in [6.45, 7) is 0.764. The number of aromatic nitrogens is 2. The van der Waals surface area contributed by atoms with Gasteiger partial charge < -0.3 is 9.64 Å². The molecule has 25 heavy (non-hydrogen) atoms. The summed E-state index contributed by atoms with van der Waals surface area (Å²) in [4.78, 5) is 39.9. The predicted molar refractivity (Wildman–Crippen MR) is 89.0 cm³/mol. The van der Waals surface area contributed by atoms with Gasteiger partial charge in [-0.1, -0.05) is 6.07 Å². The molecule has 2 aliphatic heterocycles. The fourth-order valence-electron chi connectivity index (χ4n) is 3.20. The maximum absolute atomic E-state index is 12.6. The molecule has 4 heterocycles. The predicted octanol–water partition coefficient (Wildman–Crippen LogP) is 1.72. The molecule has 0 aliphatic carbocycles. The summed E-state index contributed by atoms with van der Waals surface area (Å²) in [6, 6.07) is 5.45. The molecule has 0 spiro atoms. The number of hydrogen-bond acceptors (Lipinski definition) is 6. The van der Waals surface area contributed by atoms with Crippen molar-refractivity contribution in [1.82, 2.24) is 20.0 Å². The lowest BCUT2D eigenvalue weighted by atomic mass is 10.0. The van der Waals surface area contributed by atoms with Crippen LogP contribution in [-0.4, -0.2) is 63.6 Å². The average Bonchev–Trinajstić information content (AvgIpc) is 3.35. The Balaban J connectivity index is 1.40. The van der Waals surface area contributed by atoms with Crippen LogP contribution in [0.25, 0.3) is 10.6 Å². The molecule has 9 heteroatoms. The van der Waals surface area contributed by atoms with E-state index in [9.17, 15) is 14.4 Å². The van der Waals surface area contributed by atoms with Crippen LogP contribution >= 0.6 is 11.3 Å². The quantitative estimate of drug-likeness (QED) is 0.899. The minimum atomic E-state index is -0.581. The fourth-order valence-corrected chi connectivity index (χ4v) is 3.89. The molecule has 2 aromatic heterocycles. The lowest BCUT2D eigenvalue weighted by molar-refractivity contribution is -0.127. The highest BCUT2D eigenvalue weighted by molar-refractivity contribution is 7.13. The third kappa shape index (κ3) is 2.91. The van der Waals surface area contributed by atoms with E-state index in [1.165, 1.54) is 4.90 Å². The molecule has 1 N–H and O–H groups in total. The summed E-state index contributed by atoms with van der Waals surface area (Å²) in [7, 11) is 0. The van der Waals surface area contributed by atoms with E-state index in [0.29, 0.717) is 31.6 Å². The third-order valence-electron chi connectivity index (χ3n) is 4.48. The van der Waals surface area contributed by atoms with Crippen molar-refractivity contribution >= 4 is 29.2 Å². The highest BCUT2D eigenvalue weighted by Crippen LogP contribution is 2.25. The van der Waals surface area contributed by atoms with Gasteiger partial charge in [0, 0.05) is 19.1 Å². The number of hydrogen-bond donors (Lipinski definition) is 1. The largest absolute Gasteiger partial charge is 0.439 e. The second-order valence-corrected chi connectivity index (χ2v) is 6.93. The number of cyclic esters (lactones) is 1. The number of nitrogens with one attached hydrogen (secondary N) is 1. The Kier molecular flexibility index (Phi) is 4.00. The minimum Gasteiger partial charge on any atom is -0.439 e. The van der Waals surface area contributed by atoms with Gasteiger partial charge in [-0.3, -0.25) is 14.7 Å². The zero-order valence-electron chi connectivity index (χ0n) is 13.3. The van der Waals surface area contributed by atoms with Gasteiger partial charge in [0.25, 0.3) is 11.8 Å². The number of thiophene rings is 1. The second kappa shape index (κ2) is 6.32. The number of likely N-dealkylation sites (tertiary alicyclic amines) is 1. The molecule has 2 saturated heterocycles. The molecule has 0 bridgehead atoms. The molecule has 0 aromatic carbocycles. The van der Waals surface area contributed by atoms with E-state index in [-0.39, 0.29) is 24.5 Å². The summed E-state index contributed by atoms with van der Waals surface area (Å²) >= 11 is 1.57. The van der Waals surface area contributed by atoms with Crippen molar-refractivity contribution in [3.8, 4) is 10.6 Å². The zero-order chi connectivity index (χ0) is 17.4. The fraction of sp³-hybridized carbons (Fsp3) is 0.375. The molecular weight excluding hydrogens is 344 g/mol. The highest BCUT2D eigenvalue weighted by Gasteiger charge is 2.39. The van der Waals surface area contributed by atoms with Crippen molar-refractivity contribution < 1.29 is 19.1 Å². The standard InChI is InChI=1S/C16H16N4O4S/c21-14-9-24-16(23)20(14)10-3-5-19(6-4-10)15(22)12-8-11(17-18-12)13-2-1-7-25-13/h1-2,7-8,10H,3-6,9H2,(H,17,18). The Labute approximate surface area is 147 Å². The molecule has 0 unspecified atom stereocenters. The summed E-state index contributed by atoms with van der Waals surface area (Å²) in [5.41, 5.74) is 1.19. The van der Waals surface area contributed by atoms with Gasteiger partial charge in [-0.25, -0.2) is 9.69 Å². The van der Waals surface area contributed by atoms with E-state index in [2.05, 4.69) is 10.2 Å². The number of ether oxygens (including phenoxy) is 1. The van der Waals surface area contributed by atoms with E-state index in [0.717, 1.165) is 10.6 Å². The summed E-state index contributed by atoms with van der Waals surface area (Å²) in [5.74, 6) is -0.449. The third-order valence-corrected chi connectivity index (χ3v) is 5.39. The number of piperidine rings is 1. The van der Waals surface area contributed by atoms with E-state index >= 15 is 0 Å². The Morgan fingerprint density at radius 1 is 1.32 bits per heavy atom. The van der Waals surface area contributed by atoms with Crippen molar-refractivity contribution in [3.63, 3.8) is 0 Å². The second-order valence-electron chi connectivity index (χ2n) is 5.99. The van der Waals surface area contributed by atoms with Crippen LogP contribution in [0, 0.1) is 0 Å². The van der Waals surface area contributed by atoms with Crippen molar-refractivity contribution in [2.24, 2.45) is 0 Å². The smallest absolute Gasteiger partial charge is 0.417 e. The van der Waals surface area contributed by atoms with Gasteiger partial charge in [0.2, 0.25) is 0 Å². The SMILES string of the molecule is O=C(c1cc(-c2cccs2)[nH]n1)N1CCC(N2C(=O)COC2=O)CC1. The Morgan fingerprint density at radius 3 is 2.76 bits per heavy atom. The van der Waals surface area contributed by atoms with Gasteiger partial charge in [-0.05, 0) is 30.4 Å². The van der Waals surface area contributed by atoms with Crippen LogP contribution < -0.4 is 0 Å². The first-order valence-corrected chi connectivity index (χ1v) is 8.89. The first kappa shape index (κ1) is 15.8. The zero-order valence-corrected chi connectivity index (χ0v) is 14.1. The number of nitrogens with zero attached hydrogens (tertiary/aromatic N) is 3. The first-order valence-electron chi connectivity index (χ1n) is 8.01. The maximum atomic E-state index is 12.6. The molecule has 4 rings (SSSR count). The molecular formula is C16H16N4O4S. The summed E-state index contributed by atoms with van der Waals surface area (Å²) < 4.78 is 4.76. The molecule has 0 atom stereocenters. The van der Waals surface area contributed by atoms with Gasteiger partial charge >= 0.3 is 6.09 Å². The first-order chi connectivity index (χ1) is 12.1. The Morgan fingerprint density at radius 2 is 2.12 bits per heavy atom. The van der Waals surface area contributed by atoms with Gasteiger partial charge in [0.1, 0.15) is 0 Å². The molecule has 0 saturated carbocycles. The van der Waals surface area contributed by atoms with Crippen LogP contribution in [0.1, 0.15) is 23.3 Å². The van der Waals surface area contributed by atoms with Crippen LogP contribution in [0.2, 0.25) is 0 Å². The molecule has 2 aromatic rings. The van der Waals surface area contributed by atoms with Gasteiger partial charge in [0.05, 0.1) is 10.6 Å². The number of amides is 3. The monoisotopic (exact) mass is 360 g/mol. The number of rotatable bonds is 3. The van der Waals surface area contributed by atoms with Crippen LogP contribution in [-0.2, 0) is 9.53 Å². The van der Waals surface area contributed by atoms with Crippen LogP contribution in [0.3, 0.4) is 0 Å². The van der Waals surface area contributed by atoms with Crippen molar-refractivity contribution in [1.29, 1.82) is 0 Å². The van der Waals surface area contributed by atoms with Gasteiger partial charge in [-0.2, -0.15) is 5.10 Å². The van der Waals surface area contributed by atoms with Crippen molar-refractivity contribution in [3.05, 3.63) is 29.3 Å². The number of H-pyrrole nitrogens is 1. The van der Waals surface area contributed by atoms with Crippen molar-refractivity contribution in [2.75, 3.05) is 19.7 Å². The van der Waals surface area contributed by atoms with E-state index in [4.69, 9.17) is 4.74 Å². The number of carbonyl (C=O) groups is 3. The molecule has 8 nitrogen and oxygen atoms in total. The molecule has 0 radical (unpaired) electrons. The Bertz CT molecular complexity index is 792. The minimum absolute atomic E-state index is 0.146. The average molecular weight is 360 g/mol. The van der Waals surface area contributed by atoms with Gasteiger partial charge in [-0.15, -0.1) is 11.3 Å². The lowest BCUT2D eigenvalue weighted by Crippen LogP contribution is -2.48. The molecule has 2 aliphatic rings. The van der Waals surface area contributed by atoms with E-state index in [1.54, 1.807) is 22.3 Å². The summed E-state index contributed by atoms with van der Waals surface area (Å²) in [6.07, 6.45) is 0.520. The number of carbonyl (C=O) groups excluding carboxylic acids is 3. The number of imide groups is 1. The topological polar surface area (TPSA) is 95.6 Å². The molecule has 2 fully saturated rings. The normalized spacial score (nSPS) is 18.7. The van der Waals surface area contributed by atoms with E-state index in [1.807, 2.05) is 17.5 Å². The maximum Gasteiger partial charge on any atom is 0.417 e. The molecule has 3 amide bonds. The van der Waals surface area contributed by atoms with Crippen LogP contribution in [0.15, 0.2) is 23.6 Å². The summed E-state index contributed by atoms with van der Waals surface area (Å²) in [5, 5.41) is 8.98.